The predicted octanol–water partition coefficient (Wildman–Crippen LogP) is 4.43. The Kier molecular flexibility index (Phi) is 6.78. The second-order valence-corrected chi connectivity index (χ2v) is 12.3. The third kappa shape index (κ3) is 5.10. The van der Waals surface area contributed by atoms with Crippen LogP contribution in [0, 0.1) is 5.82 Å². The Labute approximate surface area is 259 Å². The van der Waals surface area contributed by atoms with E-state index in [1.807, 2.05) is 0 Å². The van der Waals surface area contributed by atoms with Crippen LogP contribution >= 0.6 is 0 Å². The number of carbonyl (C=O) groups is 2. The molecule has 2 atom stereocenters. The molecule has 46 heavy (non-hydrogen) atoms. The van der Waals surface area contributed by atoms with Crippen molar-refractivity contribution >= 4 is 22.7 Å². The summed E-state index contributed by atoms with van der Waals surface area (Å²) in [4.78, 5) is 30.0. The summed E-state index contributed by atoms with van der Waals surface area (Å²) in [5.41, 5.74) is -0.00919. The number of primary amides is 1. The minimum Gasteiger partial charge on any atom is -0.489 e. The van der Waals surface area contributed by atoms with Gasteiger partial charge < -0.3 is 25.6 Å². The van der Waals surface area contributed by atoms with Gasteiger partial charge in [0, 0.05) is 28.3 Å². The molecule has 1 aliphatic heterocycles. The number of carbonyl (C=O) groups excluding carboxylic acids is 2. The molecule has 7 rings (SSSR count). The van der Waals surface area contributed by atoms with E-state index in [-0.39, 0.29) is 46.9 Å². The highest BCUT2D eigenvalue weighted by molar-refractivity contribution is 6.00. The lowest BCUT2D eigenvalue weighted by Gasteiger charge is -2.31. The SMILES string of the molecule is C[C@]1(C(N)=O)COc2c1cc(C(O)(CNC(=O)c1cc(OC3CC3)c3nn(C4CC4)cc3c1)C(F)(F)F)nc2-c1ccc(F)cc1. The van der Waals surface area contributed by atoms with Gasteiger partial charge in [0.2, 0.25) is 11.5 Å². The fraction of sp³-hybridized carbons (Fsp3) is 0.375. The Morgan fingerprint density at radius 3 is 2.50 bits per heavy atom. The quantitative estimate of drug-likeness (QED) is 0.230. The molecule has 0 radical (unpaired) electrons. The molecule has 4 aromatic rings. The molecule has 2 aliphatic carbocycles. The average Bonchev–Trinajstić information content (AvgIpc) is 3.95. The van der Waals surface area contributed by atoms with Gasteiger partial charge in [0.15, 0.2) is 0 Å². The lowest BCUT2D eigenvalue weighted by Crippen LogP contribution is -2.51. The van der Waals surface area contributed by atoms with Crippen LogP contribution in [0.25, 0.3) is 22.2 Å². The van der Waals surface area contributed by atoms with Crippen molar-refractivity contribution in [3.8, 4) is 22.8 Å². The Bertz CT molecular complexity index is 1890. The number of benzene rings is 2. The van der Waals surface area contributed by atoms with Gasteiger partial charge in [0.25, 0.3) is 5.91 Å². The van der Waals surface area contributed by atoms with Crippen LogP contribution in [0.2, 0.25) is 0 Å². The molecule has 2 saturated carbocycles. The summed E-state index contributed by atoms with van der Waals surface area (Å²) in [6.45, 7) is -0.212. The lowest BCUT2D eigenvalue weighted by molar-refractivity contribution is -0.265. The number of aromatic nitrogens is 3. The molecule has 0 saturated heterocycles. The molecule has 2 amide bonds. The zero-order valence-corrected chi connectivity index (χ0v) is 24.5. The number of alkyl halides is 3. The summed E-state index contributed by atoms with van der Waals surface area (Å²) < 4.78 is 71.6. The molecule has 2 aromatic heterocycles. The van der Waals surface area contributed by atoms with Gasteiger partial charge in [0.05, 0.1) is 24.4 Å². The molecular formula is C32H29F4N5O5. The Balaban J connectivity index is 1.26. The zero-order valence-electron chi connectivity index (χ0n) is 24.5. The molecule has 0 bridgehead atoms. The van der Waals surface area contributed by atoms with Crippen molar-refractivity contribution in [2.45, 2.75) is 61.9 Å². The van der Waals surface area contributed by atoms with E-state index < -0.39 is 47.1 Å². The van der Waals surface area contributed by atoms with E-state index in [9.17, 15) is 32.3 Å². The highest BCUT2D eigenvalue weighted by Gasteiger charge is 2.57. The van der Waals surface area contributed by atoms with Crippen LogP contribution in [-0.2, 0) is 15.8 Å². The van der Waals surface area contributed by atoms with Crippen molar-refractivity contribution in [1.82, 2.24) is 20.1 Å². The summed E-state index contributed by atoms with van der Waals surface area (Å²) in [6.07, 6.45) is 0.0274. The van der Waals surface area contributed by atoms with Crippen LogP contribution in [0.15, 0.2) is 48.7 Å². The number of ether oxygens (including phenoxy) is 2. The highest BCUT2D eigenvalue weighted by atomic mass is 19.4. The second-order valence-electron chi connectivity index (χ2n) is 12.3. The zero-order chi connectivity index (χ0) is 32.6. The minimum atomic E-state index is -5.35. The summed E-state index contributed by atoms with van der Waals surface area (Å²) in [5, 5.41) is 18.8. The maximum absolute atomic E-state index is 14.8. The van der Waals surface area contributed by atoms with E-state index in [2.05, 4.69) is 15.4 Å². The number of halogens is 4. The predicted molar refractivity (Wildman–Crippen MR) is 156 cm³/mol. The molecule has 4 N–H and O–H groups in total. The molecule has 3 aliphatic rings. The summed E-state index contributed by atoms with van der Waals surface area (Å²) >= 11 is 0. The third-order valence-electron chi connectivity index (χ3n) is 8.72. The smallest absolute Gasteiger partial charge is 0.424 e. The van der Waals surface area contributed by atoms with E-state index in [4.69, 9.17) is 15.2 Å². The van der Waals surface area contributed by atoms with Crippen molar-refractivity contribution in [3.05, 3.63) is 71.3 Å². The summed E-state index contributed by atoms with van der Waals surface area (Å²) in [6, 6.07) is 8.84. The van der Waals surface area contributed by atoms with Crippen LogP contribution in [0.1, 0.15) is 60.3 Å². The van der Waals surface area contributed by atoms with Crippen molar-refractivity contribution < 1.29 is 41.7 Å². The molecule has 2 fully saturated rings. The first-order chi connectivity index (χ1) is 21.8. The molecule has 14 heteroatoms. The maximum atomic E-state index is 14.8. The lowest BCUT2D eigenvalue weighted by atomic mass is 9.81. The van der Waals surface area contributed by atoms with Gasteiger partial charge >= 0.3 is 6.18 Å². The topological polar surface area (TPSA) is 142 Å². The van der Waals surface area contributed by atoms with Gasteiger partial charge in [-0.25, -0.2) is 9.37 Å². The standard InChI is InChI=1S/C32H29F4N5O5/c1-30(29(37)43)15-45-27-22(30)12-24(39-26(27)16-2-4-19(33)5-3-16)31(44,32(34,35)36)14-38-28(42)17-10-18-13-41(20-6-7-20)40-25(18)23(11-17)46-21-8-9-21/h2-5,10-13,20-21,44H,6-9,14-15H2,1H3,(H2,37,43)(H,38,42)/t30-,31?/m0/s1. The van der Waals surface area contributed by atoms with Crippen molar-refractivity contribution in [3.63, 3.8) is 0 Å². The largest absolute Gasteiger partial charge is 0.489 e. The van der Waals surface area contributed by atoms with Crippen LogP contribution < -0.4 is 20.5 Å². The van der Waals surface area contributed by atoms with E-state index in [0.29, 0.717) is 16.7 Å². The van der Waals surface area contributed by atoms with Gasteiger partial charge in [-0.1, -0.05) is 0 Å². The first-order valence-corrected chi connectivity index (χ1v) is 14.8. The highest BCUT2D eigenvalue weighted by Crippen LogP contribution is 2.48. The Hall–Kier alpha value is -4.72. The van der Waals surface area contributed by atoms with E-state index in [1.54, 1.807) is 10.9 Å². The number of aliphatic hydroxyl groups is 1. The molecule has 10 nitrogen and oxygen atoms in total. The normalized spacial score (nSPS) is 20.6. The third-order valence-corrected chi connectivity index (χ3v) is 8.72. The minimum absolute atomic E-state index is 0.0199. The Morgan fingerprint density at radius 2 is 1.87 bits per heavy atom. The van der Waals surface area contributed by atoms with Crippen molar-refractivity contribution in [2.24, 2.45) is 5.73 Å². The molecule has 0 spiro atoms. The Morgan fingerprint density at radius 1 is 1.15 bits per heavy atom. The molecular weight excluding hydrogens is 610 g/mol. The number of rotatable bonds is 9. The number of hydrogen-bond donors (Lipinski definition) is 3. The number of nitrogens with two attached hydrogens (primary N) is 1. The van der Waals surface area contributed by atoms with Gasteiger partial charge in [0.1, 0.15) is 40.5 Å². The monoisotopic (exact) mass is 639 g/mol. The average molecular weight is 640 g/mol. The van der Waals surface area contributed by atoms with Gasteiger partial charge in [-0.3, -0.25) is 14.3 Å². The maximum Gasteiger partial charge on any atom is 0.424 e. The first-order valence-electron chi connectivity index (χ1n) is 14.8. The van der Waals surface area contributed by atoms with E-state index >= 15 is 0 Å². The van der Waals surface area contributed by atoms with E-state index in [0.717, 1.165) is 43.9 Å². The molecule has 2 aromatic carbocycles. The molecule has 240 valence electrons. The fourth-order valence-corrected chi connectivity index (χ4v) is 5.48. The number of hydrogen-bond acceptors (Lipinski definition) is 7. The van der Waals surface area contributed by atoms with Crippen LogP contribution in [0.5, 0.6) is 11.5 Å². The summed E-state index contributed by atoms with van der Waals surface area (Å²) in [7, 11) is 0. The summed E-state index contributed by atoms with van der Waals surface area (Å²) in [5.74, 6) is -2.03. The van der Waals surface area contributed by atoms with Crippen LogP contribution in [0.4, 0.5) is 17.6 Å². The number of nitrogens with one attached hydrogen (secondary N) is 1. The number of fused-ring (bicyclic) bond motifs is 2. The number of amides is 2. The van der Waals surface area contributed by atoms with Crippen LogP contribution in [-0.4, -0.2) is 57.1 Å². The van der Waals surface area contributed by atoms with E-state index in [1.165, 1.54) is 31.2 Å². The van der Waals surface area contributed by atoms with Crippen LogP contribution in [0.3, 0.4) is 0 Å². The van der Waals surface area contributed by atoms with Crippen molar-refractivity contribution in [1.29, 1.82) is 0 Å². The fourth-order valence-electron chi connectivity index (χ4n) is 5.48. The van der Waals surface area contributed by atoms with Gasteiger partial charge in [-0.15, -0.1) is 0 Å². The molecule has 1 unspecified atom stereocenters. The second kappa shape index (κ2) is 10.4. The van der Waals surface area contributed by atoms with Crippen molar-refractivity contribution in [2.75, 3.05) is 13.2 Å². The van der Waals surface area contributed by atoms with Gasteiger partial charge in [-0.05, 0) is 75.1 Å². The number of pyridine rings is 1. The first kappa shape index (κ1) is 30.0. The van der Waals surface area contributed by atoms with Gasteiger partial charge in [-0.2, -0.15) is 18.3 Å². The number of nitrogens with zero attached hydrogens (tertiary/aromatic N) is 3. The molecule has 3 heterocycles.